The zero-order valence-electron chi connectivity index (χ0n) is 9.98. The van der Waals surface area contributed by atoms with Crippen LogP contribution >= 0.6 is 23.5 Å². The summed E-state index contributed by atoms with van der Waals surface area (Å²) < 4.78 is 5.35. The van der Waals surface area contributed by atoms with E-state index in [0.29, 0.717) is 5.82 Å². The highest BCUT2D eigenvalue weighted by Gasteiger charge is 2.09. The summed E-state index contributed by atoms with van der Waals surface area (Å²) in [5.74, 6) is 1.26. The molecular weight excluding hydrogens is 252 g/mol. The van der Waals surface area contributed by atoms with Crippen LogP contribution in [0.4, 0.5) is 5.82 Å². The van der Waals surface area contributed by atoms with Crippen LogP contribution in [0.3, 0.4) is 0 Å². The van der Waals surface area contributed by atoms with E-state index in [2.05, 4.69) is 29.6 Å². The van der Waals surface area contributed by atoms with Gasteiger partial charge in [-0.15, -0.1) is 23.5 Å². The number of fused-ring (bicyclic) bond motifs is 1. The van der Waals surface area contributed by atoms with Gasteiger partial charge in [-0.1, -0.05) is 0 Å². The Bertz CT molecular complexity index is 558. The van der Waals surface area contributed by atoms with Gasteiger partial charge in [-0.2, -0.15) is 0 Å². The Kier molecular flexibility index (Phi) is 3.69. The molecule has 0 amide bonds. The normalized spacial score (nSPS) is 10.8. The van der Waals surface area contributed by atoms with Gasteiger partial charge >= 0.3 is 0 Å². The summed E-state index contributed by atoms with van der Waals surface area (Å²) in [6.07, 6.45) is 4.13. The molecule has 0 bridgehead atoms. The number of nitrogen functional groups attached to an aromatic ring is 1. The van der Waals surface area contributed by atoms with Gasteiger partial charge in [0.2, 0.25) is 0 Å². The summed E-state index contributed by atoms with van der Waals surface area (Å²) in [7, 11) is 1.65. The zero-order valence-corrected chi connectivity index (χ0v) is 11.6. The largest absolute Gasteiger partial charge is 0.496 e. The van der Waals surface area contributed by atoms with Crippen LogP contribution in [0.1, 0.15) is 0 Å². The van der Waals surface area contributed by atoms with Crippen LogP contribution in [0.2, 0.25) is 0 Å². The maximum absolute atomic E-state index is 5.76. The highest BCUT2D eigenvalue weighted by Crippen LogP contribution is 2.35. The number of nitrogens with zero attached hydrogens (tertiary/aromatic N) is 1. The van der Waals surface area contributed by atoms with E-state index in [1.165, 1.54) is 9.79 Å². The molecule has 1 aromatic carbocycles. The summed E-state index contributed by atoms with van der Waals surface area (Å²) in [6, 6.07) is 5.92. The summed E-state index contributed by atoms with van der Waals surface area (Å²) in [5, 5.41) is 1.00. The van der Waals surface area contributed by atoms with Crippen molar-refractivity contribution in [1.82, 2.24) is 4.98 Å². The molecule has 2 rings (SSSR count). The lowest BCUT2D eigenvalue weighted by Crippen LogP contribution is -1.94. The third-order valence-corrected chi connectivity index (χ3v) is 4.20. The third kappa shape index (κ3) is 2.30. The van der Waals surface area contributed by atoms with E-state index >= 15 is 0 Å². The Morgan fingerprint density at radius 3 is 2.35 bits per heavy atom. The first kappa shape index (κ1) is 12.4. The number of aromatic nitrogens is 1. The average molecular weight is 266 g/mol. The van der Waals surface area contributed by atoms with E-state index in [9.17, 15) is 0 Å². The predicted molar refractivity (Wildman–Crippen MR) is 76.3 cm³/mol. The van der Waals surface area contributed by atoms with Crippen molar-refractivity contribution in [1.29, 1.82) is 0 Å². The van der Waals surface area contributed by atoms with Crippen LogP contribution in [0, 0.1) is 0 Å². The topological polar surface area (TPSA) is 48.1 Å². The molecule has 0 fully saturated rings. The van der Waals surface area contributed by atoms with Crippen molar-refractivity contribution in [3.63, 3.8) is 0 Å². The van der Waals surface area contributed by atoms with Crippen LogP contribution in [0.15, 0.2) is 28.0 Å². The van der Waals surface area contributed by atoms with Crippen LogP contribution in [0.25, 0.3) is 10.9 Å². The molecule has 1 aromatic heterocycles. The summed E-state index contributed by atoms with van der Waals surface area (Å²) in [4.78, 5) is 6.79. The number of pyridine rings is 1. The van der Waals surface area contributed by atoms with E-state index in [1.54, 1.807) is 36.7 Å². The lowest BCUT2D eigenvalue weighted by atomic mass is 10.2. The molecule has 1 heterocycles. The lowest BCUT2D eigenvalue weighted by Gasteiger charge is -2.10. The number of thioether (sulfide) groups is 2. The molecule has 0 radical (unpaired) electrons. The van der Waals surface area contributed by atoms with E-state index in [4.69, 9.17) is 10.5 Å². The molecule has 0 aliphatic heterocycles. The molecule has 0 saturated carbocycles. The summed E-state index contributed by atoms with van der Waals surface area (Å²) in [5.41, 5.74) is 6.64. The number of ether oxygens (including phenoxy) is 1. The van der Waals surface area contributed by atoms with Crippen LogP contribution in [-0.4, -0.2) is 24.6 Å². The number of benzene rings is 1. The van der Waals surface area contributed by atoms with E-state index in [-0.39, 0.29) is 0 Å². The van der Waals surface area contributed by atoms with Crippen molar-refractivity contribution < 1.29 is 4.74 Å². The quantitative estimate of drug-likeness (QED) is 0.864. The van der Waals surface area contributed by atoms with Gasteiger partial charge in [-0.25, -0.2) is 4.98 Å². The standard InChI is InChI=1S/C12H14N2OS2/c1-15-9-6-12(13)14-8-5-11(17-3)10(16-2)4-7(8)9/h4-6H,1-3H3,(H2,13,14). The van der Waals surface area contributed by atoms with Gasteiger partial charge in [0.05, 0.1) is 12.6 Å². The molecule has 0 atom stereocenters. The second-order valence-corrected chi connectivity index (χ2v) is 5.17. The van der Waals surface area contributed by atoms with Crippen LogP contribution < -0.4 is 10.5 Å². The van der Waals surface area contributed by atoms with E-state index in [1.807, 2.05) is 0 Å². The highest BCUT2D eigenvalue weighted by atomic mass is 32.2. The molecule has 2 N–H and O–H groups in total. The molecule has 2 aromatic rings. The smallest absolute Gasteiger partial charge is 0.131 e. The van der Waals surface area contributed by atoms with Crippen molar-refractivity contribution in [2.24, 2.45) is 0 Å². The monoisotopic (exact) mass is 266 g/mol. The minimum Gasteiger partial charge on any atom is -0.496 e. The van der Waals surface area contributed by atoms with Crippen molar-refractivity contribution in [2.45, 2.75) is 9.79 Å². The minimum absolute atomic E-state index is 0.485. The number of methoxy groups -OCH3 is 1. The Labute approximate surface area is 109 Å². The molecule has 0 aliphatic rings. The predicted octanol–water partition coefficient (Wildman–Crippen LogP) is 3.27. The minimum atomic E-state index is 0.485. The number of nitrogens with two attached hydrogens (primary N) is 1. The number of hydrogen-bond donors (Lipinski definition) is 1. The van der Waals surface area contributed by atoms with Crippen LogP contribution in [0.5, 0.6) is 5.75 Å². The fourth-order valence-corrected chi connectivity index (χ4v) is 3.20. The van der Waals surface area contributed by atoms with Crippen molar-refractivity contribution in [2.75, 3.05) is 25.4 Å². The maximum atomic E-state index is 5.76. The molecule has 90 valence electrons. The highest BCUT2D eigenvalue weighted by molar-refractivity contribution is 8.01. The first-order valence-electron chi connectivity index (χ1n) is 5.06. The van der Waals surface area contributed by atoms with E-state index in [0.717, 1.165) is 16.7 Å². The Balaban J connectivity index is 2.77. The zero-order chi connectivity index (χ0) is 12.4. The van der Waals surface area contributed by atoms with Gasteiger partial charge in [0.15, 0.2) is 0 Å². The van der Waals surface area contributed by atoms with Gasteiger partial charge in [0.25, 0.3) is 0 Å². The molecular formula is C12H14N2OS2. The lowest BCUT2D eigenvalue weighted by molar-refractivity contribution is 0.419. The Morgan fingerprint density at radius 2 is 1.76 bits per heavy atom. The molecule has 0 unspecified atom stereocenters. The first-order valence-corrected chi connectivity index (χ1v) is 7.50. The number of hydrogen-bond acceptors (Lipinski definition) is 5. The molecule has 3 nitrogen and oxygen atoms in total. The van der Waals surface area contributed by atoms with Crippen LogP contribution in [-0.2, 0) is 0 Å². The molecule has 0 spiro atoms. The second kappa shape index (κ2) is 5.06. The second-order valence-electron chi connectivity index (χ2n) is 3.47. The number of anilines is 1. The van der Waals surface area contributed by atoms with Gasteiger partial charge in [-0.05, 0) is 24.6 Å². The molecule has 5 heteroatoms. The summed E-state index contributed by atoms with van der Waals surface area (Å²) >= 11 is 3.43. The van der Waals surface area contributed by atoms with Gasteiger partial charge in [0, 0.05) is 21.2 Å². The van der Waals surface area contributed by atoms with Crippen molar-refractivity contribution >= 4 is 40.2 Å². The van der Waals surface area contributed by atoms with Gasteiger partial charge in [0.1, 0.15) is 11.6 Å². The van der Waals surface area contributed by atoms with Crippen molar-refractivity contribution in [3.8, 4) is 5.75 Å². The third-order valence-electron chi connectivity index (χ3n) is 2.52. The van der Waals surface area contributed by atoms with Gasteiger partial charge < -0.3 is 10.5 Å². The van der Waals surface area contributed by atoms with Crippen molar-refractivity contribution in [3.05, 3.63) is 18.2 Å². The van der Waals surface area contributed by atoms with E-state index < -0.39 is 0 Å². The SMILES string of the molecule is COc1cc(N)nc2cc(SC)c(SC)cc12. The van der Waals surface area contributed by atoms with Gasteiger partial charge in [-0.3, -0.25) is 0 Å². The number of rotatable bonds is 3. The fourth-order valence-electron chi connectivity index (χ4n) is 1.71. The Morgan fingerprint density at radius 1 is 1.12 bits per heavy atom. The fraction of sp³-hybridized carbons (Fsp3) is 0.250. The molecule has 17 heavy (non-hydrogen) atoms. The Hall–Kier alpha value is -1.07. The molecule has 0 aliphatic carbocycles. The maximum Gasteiger partial charge on any atom is 0.131 e. The summed E-state index contributed by atoms with van der Waals surface area (Å²) in [6.45, 7) is 0. The first-order chi connectivity index (χ1) is 8.19. The molecule has 0 saturated heterocycles. The average Bonchev–Trinajstić information content (AvgIpc) is 2.35.